The third-order valence-electron chi connectivity index (χ3n) is 2.56. The molecule has 0 saturated carbocycles. The van der Waals surface area contributed by atoms with Gasteiger partial charge in [-0.25, -0.2) is 0 Å². The van der Waals surface area contributed by atoms with Crippen LogP contribution >= 0.6 is 21.6 Å². The molecule has 3 aliphatic rings. The van der Waals surface area contributed by atoms with Gasteiger partial charge in [-0.2, -0.15) is 0 Å². The maximum Gasteiger partial charge on any atom is 0.258 e. The maximum absolute atomic E-state index is 12.2. The van der Waals surface area contributed by atoms with Crippen molar-refractivity contribution in [2.75, 3.05) is 13.1 Å². The molecule has 3 aliphatic heterocycles. The molecule has 2 amide bonds. The highest BCUT2D eigenvalue weighted by Gasteiger charge is 2.51. The zero-order valence-corrected chi connectivity index (χ0v) is 11.2. The van der Waals surface area contributed by atoms with Gasteiger partial charge in [0.25, 0.3) is 11.8 Å². The minimum atomic E-state index is -0.408. The highest BCUT2D eigenvalue weighted by molar-refractivity contribution is 8.77. The standard InChI is InChI=1S/C11H14N2O2S2/c1-4-5-12-8(14)11-13(6-7(2)3)9(15)10(12)16-17-11/h4,10-11H,1-2,5-6H2,3H3. The normalized spacial score (nSPS) is 27.6. The van der Waals surface area contributed by atoms with Crippen molar-refractivity contribution >= 4 is 33.4 Å². The van der Waals surface area contributed by atoms with E-state index >= 15 is 0 Å². The molecule has 3 saturated heterocycles. The molecule has 0 aromatic heterocycles. The molecule has 2 unspecified atom stereocenters. The van der Waals surface area contributed by atoms with Gasteiger partial charge in [0, 0.05) is 13.1 Å². The molecule has 2 atom stereocenters. The quantitative estimate of drug-likeness (QED) is 0.573. The molecule has 3 rings (SSSR count). The van der Waals surface area contributed by atoms with Crippen LogP contribution in [-0.2, 0) is 9.59 Å². The first-order chi connectivity index (χ1) is 8.06. The summed E-state index contributed by atoms with van der Waals surface area (Å²) in [5, 5.41) is -0.816. The summed E-state index contributed by atoms with van der Waals surface area (Å²) >= 11 is 0. The van der Waals surface area contributed by atoms with Crippen molar-refractivity contribution in [3.63, 3.8) is 0 Å². The molecule has 4 nitrogen and oxygen atoms in total. The van der Waals surface area contributed by atoms with Crippen LogP contribution in [0.4, 0.5) is 0 Å². The van der Waals surface area contributed by atoms with Crippen molar-refractivity contribution in [1.29, 1.82) is 0 Å². The van der Waals surface area contributed by atoms with Crippen LogP contribution in [0.3, 0.4) is 0 Å². The summed E-state index contributed by atoms with van der Waals surface area (Å²) in [7, 11) is 2.92. The molecule has 3 heterocycles. The van der Waals surface area contributed by atoms with Gasteiger partial charge < -0.3 is 9.80 Å². The first kappa shape index (κ1) is 12.6. The summed E-state index contributed by atoms with van der Waals surface area (Å²) in [5.41, 5.74) is 0.888. The lowest BCUT2D eigenvalue weighted by Gasteiger charge is -2.48. The van der Waals surface area contributed by atoms with Gasteiger partial charge in [0.05, 0.1) is 0 Å². The van der Waals surface area contributed by atoms with Gasteiger partial charge in [-0.15, -0.1) is 6.58 Å². The van der Waals surface area contributed by atoms with Gasteiger partial charge in [-0.05, 0) is 6.92 Å². The topological polar surface area (TPSA) is 40.6 Å². The lowest BCUT2D eigenvalue weighted by Crippen LogP contribution is -2.65. The third kappa shape index (κ3) is 2.11. The fourth-order valence-corrected chi connectivity index (χ4v) is 4.82. The predicted molar refractivity (Wildman–Crippen MR) is 71.2 cm³/mol. The van der Waals surface area contributed by atoms with Crippen molar-refractivity contribution in [2.24, 2.45) is 0 Å². The van der Waals surface area contributed by atoms with E-state index in [2.05, 4.69) is 13.2 Å². The molecular formula is C11H14N2O2S2. The van der Waals surface area contributed by atoms with Crippen molar-refractivity contribution in [2.45, 2.75) is 17.7 Å². The van der Waals surface area contributed by atoms with Gasteiger partial charge in [0.1, 0.15) is 0 Å². The molecular weight excluding hydrogens is 256 g/mol. The molecule has 17 heavy (non-hydrogen) atoms. The number of carbonyl (C=O) groups is 2. The summed E-state index contributed by atoms with van der Waals surface area (Å²) in [5.74, 6) is 0.00250. The van der Waals surface area contributed by atoms with E-state index in [1.54, 1.807) is 15.9 Å². The Labute approximate surface area is 108 Å². The lowest BCUT2D eigenvalue weighted by atomic mass is 10.2. The monoisotopic (exact) mass is 270 g/mol. The van der Waals surface area contributed by atoms with Crippen LogP contribution in [0.15, 0.2) is 24.8 Å². The molecule has 0 aliphatic carbocycles. The molecule has 0 aromatic rings. The second-order valence-electron chi connectivity index (χ2n) is 4.10. The van der Waals surface area contributed by atoms with Crippen LogP contribution in [-0.4, -0.2) is 45.5 Å². The number of fused-ring (bicyclic) bond motifs is 3. The Hall–Kier alpha value is -0.880. The lowest BCUT2D eigenvalue weighted by molar-refractivity contribution is -0.152. The summed E-state index contributed by atoms with van der Waals surface area (Å²) < 4.78 is 0. The van der Waals surface area contributed by atoms with Crippen LogP contribution in [0.25, 0.3) is 0 Å². The smallest absolute Gasteiger partial charge is 0.258 e. The van der Waals surface area contributed by atoms with Crippen molar-refractivity contribution < 1.29 is 9.59 Å². The zero-order valence-electron chi connectivity index (χ0n) is 9.59. The molecule has 0 spiro atoms. The third-order valence-corrected chi connectivity index (χ3v) is 5.37. The molecule has 6 heteroatoms. The Kier molecular flexibility index (Phi) is 3.53. The van der Waals surface area contributed by atoms with E-state index in [0.29, 0.717) is 13.1 Å². The minimum absolute atomic E-state index is 0.000463. The van der Waals surface area contributed by atoms with E-state index in [1.807, 2.05) is 6.92 Å². The van der Waals surface area contributed by atoms with Crippen LogP contribution in [0.5, 0.6) is 0 Å². The molecule has 3 fully saturated rings. The number of carbonyl (C=O) groups excluding carboxylic acids is 2. The van der Waals surface area contributed by atoms with Gasteiger partial charge in [-0.3, -0.25) is 9.59 Å². The molecule has 92 valence electrons. The first-order valence-electron chi connectivity index (χ1n) is 5.24. The summed E-state index contributed by atoms with van der Waals surface area (Å²) in [6.45, 7) is 10.2. The summed E-state index contributed by atoms with van der Waals surface area (Å²) in [6.07, 6.45) is 1.65. The van der Waals surface area contributed by atoms with Crippen LogP contribution in [0, 0.1) is 0 Å². The Morgan fingerprint density at radius 2 is 1.82 bits per heavy atom. The Balaban J connectivity index is 2.23. The van der Waals surface area contributed by atoms with E-state index in [9.17, 15) is 9.59 Å². The number of hydrogen-bond donors (Lipinski definition) is 0. The Morgan fingerprint density at radius 3 is 2.35 bits per heavy atom. The van der Waals surface area contributed by atoms with Crippen LogP contribution in [0.1, 0.15) is 6.92 Å². The summed E-state index contributed by atoms with van der Waals surface area (Å²) in [4.78, 5) is 27.5. The van der Waals surface area contributed by atoms with Crippen molar-refractivity contribution in [3.8, 4) is 0 Å². The number of piperazine rings is 1. The fourth-order valence-electron chi connectivity index (χ4n) is 1.85. The highest BCUT2D eigenvalue weighted by Crippen LogP contribution is 2.46. The molecule has 0 radical (unpaired) electrons. The van der Waals surface area contributed by atoms with Crippen LogP contribution in [0.2, 0.25) is 0 Å². The Bertz CT molecular complexity index is 397. The second-order valence-corrected chi connectivity index (χ2v) is 6.53. The minimum Gasteiger partial charge on any atom is -0.315 e. The van der Waals surface area contributed by atoms with Gasteiger partial charge >= 0.3 is 0 Å². The van der Waals surface area contributed by atoms with E-state index in [0.717, 1.165) is 5.57 Å². The van der Waals surface area contributed by atoms with E-state index in [1.165, 1.54) is 21.6 Å². The highest BCUT2D eigenvalue weighted by atomic mass is 33.1. The number of amides is 2. The van der Waals surface area contributed by atoms with Crippen LogP contribution < -0.4 is 0 Å². The van der Waals surface area contributed by atoms with E-state index in [-0.39, 0.29) is 11.8 Å². The van der Waals surface area contributed by atoms with E-state index in [4.69, 9.17) is 0 Å². The predicted octanol–water partition coefficient (Wildman–Crippen LogP) is 1.47. The van der Waals surface area contributed by atoms with E-state index < -0.39 is 10.7 Å². The Morgan fingerprint density at radius 1 is 1.29 bits per heavy atom. The average molecular weight is 270 g/mol. The zero-order chi connectivity index (χ0) is 12.6. The molecule has 0 aromatic carbocycles. The number of rotatable bonds is 4. The van der Waals surface area contributed by atoms with Crippen molar-refractivity contribution in [1.82, 2.24) is 9.80 Å². The number of nitrogens with zero attached hydrogens (tertiary/aromatic N) is 2. The number of hydrogen-bond acceptors (Lipinski definition) is 4. The van der Waals surface area contributed by atoms with Crippen molar-refractivity contribution in [3.05, 3.63) is 24.8 Å². The van der Waals surface area contributed by atoms with Gasteiger partial charge in [0.15, 0.2) is 10.7 Å². The first-order valence-corrected chi connectivity index (χ1v) is 7.52. The molecule has 0 N–H and O–H groups in total. The second kappa shape index (κ2) is 4.78. The fraction of sp³-hybridized carbons (Fsp3) is 0.455. The largest absolute Gasteiger partial charge is 0.315 e. The SMILES string of the molecule is C=CCN1C(=O)C2SSC1C(=O)N2CC(=C)C. The maximum atomic E-state index is 12.2. The molecule has 2 bridgehead atoms. The van der Waals surface area contributed by atoms with Gasteiger partial charge in [-0.1, -0.05) is 39.8 Å². The average Bonchev–Trinajstić information content (AvgIpc) is 2.27. The van der Waals surface area contributed by atoms with Gasteiger partial charge in [0.2, 0.25) is 0 Å². The summed E-state index contributed by atoms with van der Waals surface area (Å²) in [6, 6.07) is 0.